The van der Waals surface area contributed by atoms with Crippen molar-refractivity contribution in [3.05, 3.63) is 80.8 Å². The highest BCUT2D eigenvalue weighted by atomic mass is 35.5. The zero-order valence-corrected chi connectivity index (χ0v) is 19.0. The van der Waals surface area contributed by atoms with Crippen LogP contribution in [0.4, 0.5) is 13.2 Å². The van der Waals surface area contributed by atoms with Gasteiger partial charge in [-0.05, 0) is 41.8 Å². The van der Waals surface area contributed by atoms with E-state index in [-0.39, 0.29) is 24.1 Å². The summed E-state index contributed by atoms with van der Waals surface area (Å²) in [5.74, 6) is -0.507. The van der Waals surface area contributed by atoms with Gasteiger partial charge in [-0.15, -0.1) is 36.9 Å². The number of alkyl halides is 3. The Bertz CT molecular complexity index is 1010. The van der Waals surface area contributed by atoms with E-state index in [1.54, 1.807) is 23.6 Å². The van der Waals surface area contributed by atoms with Crippen molar-refractivity contribution in [2.75, 3.05) is 6.54 Å². The Labute approximate surface area is 198 Å². The third-order valence-electron chi connectivity index (χ3n) is 4.13. The Balaban J connectivity index is 0.00000363. The number of hydrogen-bond acceptors (Lipinski definition) is 5. The van der Waals surface area contributed by atoms with Crippen molar-refractivity contribution >= 4 is 41.3 Å². The fourth-order valence-corrected chi connectivity index (χ4v) is 3.68. The van der Waals surface area contributed by atoms with Crippen molar-refractivity contribution in [3.63, 3.8) is 0 Å². The van der Waals surface area contributed by atoms with E-state index in [9.17, 15) is 18.0 Å². The van der Waals surface area contributed by atoms with Crippen LogP contribution in [0.3, 0.4) is 0 Å². The fourth-order valence-electron chi connectivity index (χ4n) is 2.72. The van der Waals surface area contributed by atoms with Gasteiger partial charge in [0.15, 0.2) is 0 Å². The van der Waals surface area contributed by atoms with Crippen LogP contribution in [0.5, 0.6) is 5.75 Å². The minimum atomic E-state index is -4.70. The predicted octanol–water partition coefficient (Wildman–Crippen LogP) is 5.38. The maximum absolute atomic E-state index is 12.2. The smallest absolute Gasteiger partial charge is 0.406 e. The molecule has 1 amide bonds. The first-order chi connectivity index (χ1) is 14.8. The summed E-state index contributed by atoms with van der Waals surface area (Å²) < 4.78 is 40.4. The molecule has 11 heteroatoms. The lowest BCUT2D eigenvalue weighted by Crippen LogP contribution is -2.26. The molecule has 0 spiro atoms. The molecule has 1 heterocycles. The van der Waals surface area contributed by atoms with Crippen LogP contribution in [0.2, 0.25) is 5.02 Å². The third-order valence-corrected chi connectivity index (χ3v) is 5.22. The normalized spacial score (nSPS) is 11.0. The summed E-state index contributed by atoms with van der Waals surface area (Å²) in [5.41, 5.74) is 2.18. The molecule has 172 valence electrons. The van der Waals surface area contributed by atoms with E-state index in [1.807, 2.05) is 18.2 Å². The summed E-state index contributed by atoms with van der Waals surface area (Å²) in [6, 6.07) is 13.1. The second-order valence-electron chi connectivity index (χ2n) is 6.56. The first kappa shape index (κ1) is 25.9. The monoisotopic (exact) mass is 505 g/mol. The summed E-state index contributed by atoms with van der Waals surface area (Å²) in [7, 11) is 0. The largest absolute Gasteiger partial charge is 0.573 e. The zero-order valence-electron chi connectivity index (χ0n) is 16.6. The van der Waals surface area contributed by atoms with E-state index in [0.29, 0.717) is 36.8 Å². The average molecular weight is 506 g/mol. The minimum Gasteiger partial charge on any atom is -0.406 e. The number of nitrogens with zero attached hydrogens (tertiary/aromatic N) is 1. The number of benzene rings is 2. The summed E-state index contributed by atoms with van der Waals surface area (Å²) in [6.07, 6.45) is -4.04. The van der Waals surface area contributed by atoms with Gasteiger partial charge in [-0.3, -0.25) is 4.79 Å². The molecular formula is C21H20Cl2F3N3O2S. The van der Waals surface area contributed by atoms with Crippen LogP contribution in [0.25, 0.3) is 0 Å². The molecule has 0 unspecified atom stereocenters. The average Bonchev–Trinajstić information content (AvgIpc) is 3.17. The first-order valence-corrected chi connectivity index (χ1v) is 10.6. The van der Waals surface area contributed by atoms with Crippen LogP contribution in [-0.2, 0) is 19.5 Å². The van der Waals surface area contributed by atoms with E-state index < -0.39 is 6.36 Å². The molecule has 2 N–H and O–H groups in total. The highest BCUT2D eigenvalue weighted by Crippen LogP contribution is 2.22. The van der Waals surface area contributed by atoms with E-state index in [0.717, 1.165) is 16.1 Å². The van der Waals surface area contributed by atoms with Gasteiger partial charge in [0, 0.05) is 30.0 Å². The fraction of sp³-hybridized carbons (Fsp3) is 0.238. The molecule has 2 aromatic carbocycles. The van der Waals surface area contributed by atoms with Gasteiger partial charge in [-0.1, -0.05) is 35.9 Å². The Morgan fingerprint density at radius 3 is 2.53 bits per heavy atom. The number of thiazole rings is 1. The summed E-state index contributed by atoms with van der Waals surface area (Å²) in [5, 5.41) is 9.06. The number of halogens is 5. The van der Waals surface area contributed by atoms with Gasteiger partial charge in [-0.25, -0.2) is 4.98 Å². The van der Waals surface area contributed by atoms with E-state index in [4.69, 9.17) is 11.6 Å². The second-order valence-corrected chi connectivity index (χ2v) is 7.94. The number of carbonyl (C=O) groups excluding carboxylic acids is 1. The summed E-state index contributed by atoms with van der Waals surface area (Å²) in [6.45, 7) is 1.34. The third kappa shape index (κ3) is 8.66. The molecule has 5 nitrogen and oxygen atoms in total. The lowest BCUT2D eigenvalue weighted by atomic mass is 10.1. The molecule has 3 aromatic rings. The Kier molecular flexibility index (Phi) is 9.77. The van der Waals surface area contributed by atoms with Crippen molar-refractivity contribution in [2.24, 2.45) is 0 Å². The van der Waals surface area contributed by atoms with Gasteiger partial charge >= 0.3 is 6.36 Å². The molecule has 32 heavy (non-hydrogen) atoms. The molecule has 3 rings (SSSR count). The van der Waals surface area contributed by atoms with E-state index >= 15 is 0 Å². The lowest BCUT2D eigenvalue weighted by Gasteiger charge is -2.09. The molecule has 0 aliphatic heterocycles. The molecule has 0 fully saturated rings. The SMILES string of the molecule is Cl.O=C(NCCc1cccc(Cl)c1)c1csc(CNCc2ccc(OC(F)(F)F)cc2)n1. The van der Waals surface area contributed by atoms with Crippen LogP contribution in [-0.4, -0.2) is 23.8 Å². The molecule has 0 saturated heterocycles. The molecule has 1 aromatic heterocycles. The second kappa shape index (κ2) is 12.1. The number of rotatable bonds is 9. The van der Waals surface area contributed by atoms with Gasteiger partial charge < -0.3 is 15.4 Å². The molecule has 0 bridgehead atoms. The van der Waals surface area contributed by atoms with Gasteiger partial charge in [0.1, 0.15) is 16.5 Å². The molecule has 0 radical (unpaired) electrons. The quantitative estimate of drug-likeness (QED) is 0.409. The standard InChI is InChI=1S/C21H19ClF3N3O2S.ClH/c22-16-3-1-2-14(10-16)8-9-27-20(29)18-13-31-19(28-18)12-26-11-15-4-6-17(7-5-15)30-21(23,24)25;/h1-7,10,13,26H,8-9,11-12H2,(H,27,29);1H. The van der Waals surface area contributed by atoms with Crippen molar-refractivity contribution in [2.45, 2.75) is 25.9 Å². The number of nitrogens with one attached hydrogen (secondary N) is 2. The maximum atomic E-state index is 12.2. The number of aromatic nitrogens is 1. The topological polar surface area (TPSA) is 63.2 Å². The lowest BCUT2D eigenvalue weighted by molar-refractivity contribution is -0.274. The van der Waals surface area contributed by atoms with Gasteiger partial charge in [0.05, 0.1) is 0 Å². The highest BCUT2D eigenvalue weighted by Gasteiger charge is 2.30. The van der Waals surface area contributed by atoms with Crippen LogP contribution in [0.1, 0.15) is 26.6 Å². The van der Waals surface area contributed by atoms with E-state index in [1.165, 1.54) is 23.5 Å². The molecular weight excluding hydrogens is 486 g/mol. The maximum Gasteiger partial charge on any atom is 0.573 e. The van der Waals surface area contributed by atoms with Gasteiger partial charge in [0.25, 0.3) is 5.91 Å². The predicted molar refractivity (Wildman–Crippen MR) is 121 cm³/mol. The van der Waals surface area contributed by atoms with Crippen LogP contribution in [0.15, 0.2) is 53.9 Å². The van der Waals surface area contributed by atoms with Crippen molar-refractivity contribution < 1.29 is 22.7 Å². The van der Waals surface area contributed by atoms with E-state index in [2.05, 4.69) is 20.4 Å². The number of ether oxygens (including phenoxy) is 1. The van der Waals surface area contributed by atoms with Crippen molar-refractivity contribution in [3.8, 4) is 5.75 Å². The zero-order chi connectivity index (χ0) is 22.3. The van der Waals surface area contributed by atoms with Crippen LogP contribution in [0, 0.1) is 0 Å². The Morgan fingerprint density at radius 1 is 1.09 bits per heavy atom. The summed E-state index contributed by atoms with van der Waals surface area (Å²) in [4.78, 5) is 16.5. The summed E-state index contributed by atoms with van der Waals surface area (Å²) >= 11 is 7.30. The number of hydrogen-bond donors (Lipinski definition) is 2. The molecule has 0 aliphatic rings. The van der Waals surface area contributed by atoms with Gasteiger partial charge in [-0.2, -0.15) is 0 Å². The molecule has 0 atom stereocenters. The van der Waals surface area contributed by atoms with Gasteiger partial charge in [0.2, 0.25) is 0 Å². The number of amides is 1. The van der Waals surface area contributed by atoms with Crippen LogP contribution >= 0.6 is 35.3 Å². The number of carbonyl (C=O) groups is 1. The van der Waals surface area contributed by atoms with Crippen LogP contribution < -0.4 is 15.4 Å². The Hall–Kier alpha value is -2.33. The highest BCUT2D eigenvalue weighted by molar-refractivity contribution is 7.09. The van der Waals surface area contributed by atoms with Crippen molar-refractivity contribution in [1.82, 2.24) is 15.6 Å². The molecule has 0 saturated carbocycles. The molecule has 0 aliphatic carbocycles. The van der Waals surface area contributed by atoms with Crippen molar-refractivity contribution in [1.29, 1.82) is 0 Å². The minimum absolute atomic E-state index is 0. The Morgan fingerprint density at radius 2 is 1.84 bits per heavy atom. The first-order valence-electron chi connectivity index (χ1n) is 9.31.